The molecule has 1 heterocycles. The minimum atomic E-state index is -1.02. The molecule has 196 valence electrons. The SMILES string of the molecule is Cc1ccc(C(CC(=O)OF)c2cc(N)c(N(C)N)c(O)c2)cc1CN1CC(C)Oc2ccccc2S1. The minimum Gasteiger partial charge on any atom is -0.506 e. The predicted molar refractivity (Wildman–Crippen MR) is 143 cm³/mol. The topological polar surface area (TPSA) is 114 Å². The Morgan fingerprint density at radius 3 is 2.73 bits per heavy atom. The van der Waals surface area contributed by atoms with Crippen LogP contribution in [0.3, 0.4) is 0 Å². The normalized spacial score (nSPS) is 16.3. The number of anilines is 2. The van der Waals surface area contributed by atoms with E-state index in [1.807, 2.05) is 56.3 Å². The van der Waals surface area contributed by atoms with Crippen LogP contribution in [-0.2, 0) is 16.3 Å². The lowest BCUT2D eigenvalue weighted by molar-refractivity contribution is -0.183. The number of aromatic hydroxyl groups is 1. The van der Waals surface area contributed by atoms with E-state index in [-0.39, 0.29) is 29.6 Å². The first kappa shape index (κ1) is 26.6. The standard InChI is InChI=1S/C27H31FN4O4S/c1-16-8-9-18(10-20(16)15-32-14-17(2)35-24-6-4-5-7-25(24)37-32)21(13-26(34)36-28)19-11-22(29)27(31(3)30)23(33)12-19/h4-12,17,21,33H,13-15,29-30H2,1-3H3. The second-order valence-electron chi connectivity index (χ2n) is 9.27. The Balaban J connectivity index is 1.68. The number of phenolic OH excluding ortho intramolecular Hbond substituents is 1. The summed E-state index contributed by atoms with van der Waals surface area (Å²) in [5.41, 5.74) is 10.1. The minimum absolute atomic E-state index is 0.00291. The molecule has 0 aliphatic carbocycles. The molecule has 0 saturated carbocycles. The van der Waals surface area contributed by atoms with Crippen molar-refractivity contribution in [2.45, 2.75) is 43.7 Å². The molecule has 37 heavy (non-hydrogen) atoms. The van der Waals surface area contributed by atoms with E-state index in [0.29, 0.717) is 18.7 Å². The maximum Gasteiger partial charge on any atom is 0.349 e. The van der Waals surface area contributed by atoms with Gasteiger partial charge in [0.2, 0.25) is 0 Å². The Kier molecular flexibility index (Phi) is 8.11. The monoisotopic (exact) mass is 526 g/mol. The molecule has 3 aromatic rings. The zero-order chi connectivity index (χ0) is 26.7. The highest BCUT2D eigenvalue weighted by atomic mass is 32.2. The summed E-state index contributed by atoms with van der Waals surface area (Å²) in [4.78, 5) is 16.6. The molecule has 10 heteroatoms. The molecule has 1 aliphatic heterocycles. The van der Waals surface area contributed by atoms with Crippen molar-refractivity contribution in [1.82, 2.24) is 4.31 Å². The summed E-state index contributed by atoms with van der Waals surface area (Å²) in [7, 11) is 1.56. The Bertz CT molecular complexity index is 1270. The number of benzene rings is 3. The fourth-order valence-corrected chi connectivity index (χ4v) is 5.69. The number of nitrogens with zero attached hydrogens (tertiary/aromatic N) is 2. The summed E-state index contributed by atoms with van der Waals surface area (Å²) in [5.74, 6) is 4.89. The van der Waals surface area contributed by atoms with Crippen LogP contribution in [0.1, 0.15) is 41.5 Å². The van der Waals surface area contributed by atoms with Gasteiger partial charge in [-0.2, -0.15) is 0 Å². The Labute approximate surface area is 220 Å². The first-order chi connectivity index (χ1) is 17.7. The fraction of sp³-hybridized carbons (Fsp3) is 0.296. The van der Waals surface area contributed by atoms with Crippen LogP contribution >= 0.6 is 11.9 Å². The number of nitrogens with two attached hydrogens (primary N) is 2. The van der Waals surface area contributed by atoms with Crippen LogP contribution < -0.4 is 21.3 Å². The highest BCUT2D eigenvalue weighted by Crippen LogP contribution is 2.40. The number of rotatable bonds is 7. The van der Waals surface area contributed by atoms with E-state index in [9.17, 15) is 14.4 Å². The molecule has 2 unspecified atom stereocenters. The third kappa shape index (κ3) is 6.10. The van der Waals surface area contributed by atoms with Crippen molar-refractivity contribution in [1.29, 1.82) is 0 Å². The highest BCUT2D eigenvalue weighted by Gasteiger charge is 2.25. The van der Waals surface area contributed by atoms with Gasteiger partial charge in [0.15, 0.2) is 0 Å². The van der Waals surface area contributed by atoms with Gasteiger partial charge in [0.05, 0.1) is 17.0 Å². The predicted octanol–water partition coefficient (Wildman–Crippen LogP) is 4.83. The summed E-state index contributed by atoms with van der Waals surface area (Å²) < 4.78 is 21.1. The number of nitrogen functional groups attached to an aromatic ring is 1. The third-order valence-corrected chi connectivity index (χ3v) is 7.41. The number of halogens is 1. The van der Waals surface area contributed by atoms with Crippen molar-refractivity contribution in [3.63, 3.8) is 0 Å². The lowest BCUT2D eigenvalue weighted by Crippen LogP contribution is -2.27. The van der Waals surface area contributed by atoms with E-state index < -0.39 is 11.9 Å². The molecule has 5 N–H and O–H groups in total. The van der Waals surface area contributed by atoms with Crippen molar-refractivity contribution in [3.05, 3.63) is 76.9 Å². The molecule has 0 saturated heterocycles. The molecular weight excluding hydrogens is 495 g/mol. The summed E-state index contributed by atoms with van der Waals surface area (Å²) in [6.07, 6.45) is -0.274. The number of hydrogen-bond donors (Lipinski definition) is 3. The van der Waals surface area contributed by atoms with Crippen LogP contribution in [0, 0.1) is 6.92 Å². The van der Waals surface area contributed by atoms with Crippen LogP contribution in [0.2, 0.25) is 0 Å². The smallest absolute Gasteiger partial charge is 0.349 e. The number of carbonyl (C=O) groups excluding carboxylic acids is 1. The zero-order valence-electron chi connectivity index (χ0n) is 21.0. The maximum atomic E-state index is 12.8. The van der Waals surface area contributed by atoms with Gasteiger partial charge >= 0.3 is 5.97 Å². The number of hydrogen-bond acceptors (Lipinski definition) is 9. The summed E-state index contributed by atoms with van der Waals surface area (Å²) in [5, 5.41) is 11.8. The first-order valence-electron chi connectivity index (χ1n) is 11.9. The van der Waals surface area contributed by atoms with Crippen molar-refractivity contribution in [2.75, 3.05) is 24.3 Å². The number of fused-ring (bicyclic) bond motifs is 1. The number of ether oxygens (including phenoxy) is 1. The van der Waals surface area contributed by atoms with Gasteiger partial charge < -0.3 is 20.6 Å². The van der Waals surface area contributed by atoms with Crippen molar-refractivity contribution >= 4 is 29.3 Å². The zero-order valence-corrected chi connectivity index (χ0v) is 21.8. The molecule has 0 fully saturated rings. The molecule has 3 aromatic carbocycles. The van der Waals surface area contributed by atoms with Crippen LogP contribution in [0.4, 0.5) is 15.9 Å². The Hall–Kier alpha value is -3.47. The molecule has 4 rings (SSSR count). The number of carbonyl (C=O) groups is 1. The lowest BCUT2D eigenvalue weighted by Gasteiger charge is -2.24. The fourth-order valence-electron chi connectivity index (χ4n) is 4.58. The second-order valence-corrected chi connectivity index (χ2v) is 10.4. The van der Waals surface area contributed by atoms with Gasteiger partial charge in [-0.1, -0.05) is 30.3 Å². The summed E-state index contributed by atoms with van der Waals surface area (Å²) in [6.45, 7) is 5.39. The quantitative estimate of drug-likeness (QED) is 0.172. The van der Waals surface area contributed by atoms with E-state index in [1.54, 1.807) is 25.1 Å². The van der Waals surface area contributed by atoms with Crippen LogP contribution in [-0.4, -0.2) is 35.1 Å². The second kappa shape index (κ2) is 11.3. The lowest BCUT2D eigenvalue weighted by atomic mass is 9.86. The van der Waals surface area contributed by atoms with Gasteiger partial charge in [0, 0.05) is 30.6 Å². The van der Waals surface area contributed by atoms with Crippen LogP contribution in [0.15, 0.2) is 59.5 Å². The largest absolute Gasteiger partial charge is 0.506 e. The van der Waals surface area contributed by atoms with E-state index in [4.69, 9.17) is 16.3 Å². The van der Waals surface area contributed by atoms with Crippen LogP contribution in [0.25, 0.3) is 0 Å². The van der Waals surface area contributed by atoms with E-state index >= 15 is 0 Å². The molecule has 8 nitrogen and oxygen atoms in total. The van der Waals surface area contributed by atoms with E-state index in [0.717, 1.165) is 27.3 Å². The molecular formula is C27H31FN4O4S. The molecule has 0 aromatic heterocycles. The molecule has 0 radical (unpaired) electrons. The van der Waals surface area contributed by atoms with Gasteiger partial charge in [-0.3, -0.25) is 4.94 Å². The van der Waals surface area contributed by atoms with Crippen molar-refractivity contribution < 1.29 is 24.1 Å². The van der Waals surface area contributed by atoms with Gasteiger partial charge in [-0.05, 0) is 72.3 Å². The summed E-state index contributed by atoms with van der Waals surface area (Å²) >= 11 is 1.64. The van der Waals surface area contributed by atoms with Crippen molar-refractivity contribution in [2.24, 2.45) is 5.84 Å². The summed E-state index contributed by atoms with van der Waals surface area (Å²) in [6, 6.07) is 16.9. The first-order valence-corrected chi connectivity index (χ1v) is 12.6. The van der Waals surface area contributed by atoms with E-state index in [2.05, 4.69) is 9.25 Å². The van der Waals surface area contributed by atoms with Crippen molar-refractivity contribution in [3.8, 4) is 11.5 Å². The molecule has 0 spiro atoms. The highest BCUT2D eigenvalue weighted by molar-refractivity contribution is 7.97. The van der Waals surface area contributed by atoms with Gasteiger partial charge in [-0.25, -0.2) is 14.9 Å². The molecule has 0 amide bonds. The molecule has 0 bridgehead atoms. The van der Waals surface area contributed by atoms with Crippen LogP contribution in [0.5, 0.6) is 11.5 Å². The molecule has 2 atom stereocenters. The van der Waals surface area contributed by atoms with E-state index in [1.165, 1.54) is 11.1 Å². The Morgan fingerprint density at radius 1 is 1.27 bits per heavy atom. The van der Waals surface area contributed by atoms with Gasteiger partial charge in [-0.15, -0.1) is 0 Å². The number of phenols is 1. The Morgan fingerprint density at radius 2 is 2.03 bits per heavy atom. The average Bonchev–Trinajstić information content (AvgIpc) is 3.00. The maximum absolute atomic E-state index is 12.8. The number of aryl methyl sites for hydroxylation is 1. The van der Waals surface area contributed by atoms with Gasteiger partial charge in [0.25, 0.3) is 0 Å². The number of hydrazine groups is 1. The van der Waals surface area contributed by atoms with Gasteiger partial charge in [0.1, 0.15) is 23.3 Å². The third-order valence-electron chi connectivity index (χ3n) is 6.34. The average molecular weight is 527 g/mol. The number of para-hydroxylation sites is 1. The molecule has 1 aliphatic rings.